The van der Waals surface area contributed by atoms with Crippen molar-refractivity contribution < 1.29 is 54.3 Å². The zero-order valence-electron chi connectivity index (χ0n) is 1.90. The Morgan fingerprint density at radius 1 is 0.600 bits per heavy atom. The summed E-state index contributed by atoms with van der Waals surface area (Å²) in [6.07, 6.45) is 0. The van der Waals surface area contributed by atoms with E-state index >= 15 is 0 Å². The van der Waals surface area contributed by atoms with Crippen molar-refractivity contribution in [2.75, 3.05) is 0 Å². The van der Waals surface area contributed by atoms with Gasteiger partial charge in [0.15, 0.2) is 0 Å². The smallest absolute Gasteiger partial charge is 1.00 e. The number of rotatable bonds is 0. The molecule has 0 nitrogen and oxygen atoms in total. The summed E-state index contributed by atoms with van der Waals surface area (Å²) in [5.74, 6) is 0. The summed E-state index contributed by atoms with van der Waals surface area (Å²) in [5.41, 5.74) is 0. The van der Waals surface area contributed by atoms with Gasteiger partial charge in [0, 0.05) is 0 Å². The van der Waals surface area contributed by atoms with Gasteiger partial charge in [0.25, 0.3) is 0 Å². The number of halogens is 4. The van der Waals surface area contributed by atoms with Crippen LogP contribution in [-0.2, 0) is 17.1 Å². The maximum atomic E-state index is 0. The van der Waals surface area contributed by atoms with Gasteiger partial charge in [-0.1, -0.05) is 0 Å². The van der Waals surface area contributed by atoms with Gasteiger partial charge in [-0.3, -0.25) is 0 Å². The standard InChI is InChI=1S/BrH.3ClH.Fe/h4*1H;/q;;;;+3/p-3. The van der Waals surface area contributed by atoms with Gasteiger partial charge in [0.05, 0.1) is 0 Å². The van der Waals surface area contributed by atoms with Gasteiger partial charge in [0.2, 0.25) is 0 Å². The molecule has 1 radical (unpaired) electrons. The topological polar surface area (TPSA) is 0 Å². The molecule has 5 heavy (non-hydrogen) atoms. The minimum atomic E-state index is 0. The Balaban J connectivity index is 0. The maximum Gasteiger partial charge on any atom is 3.00 e. The molecule has 0 amide bonds. The summed E-state index contributed by atoms with van der Waals surface area (Å²) in [6.45, 7) is 0. The average Bonchev–Trinajstić information content (AvgIpc) is 0. The van der Waals surface area contributed by atoms with E-state index in [0.29, 0.717) is 0 Å². The molecular formula is HBrCl3Fe. The quantitative estimate of drug-likeness (QED) is 0.371. The monoisotopic (exact) mass is 241 g/mol. The predicted octanol–water partition coefficient (Wildman–Crippen LogP) is -8.41. The summed E-state index contributed by atoms with van der Waals surface area (Å²) in [6, 6.07) is 0. The van der Waals surface area contributed by atoms with Crippen molar-refractivity contribution in [3.05, 3.63) is 0 Å². The normalized spacial score (nSPS) is 0. The molecule has 5 heteroatoms. The first-order valence-electron chi connectivity index (χ1n) is 0. The van der Waals surface area contributed by atoms with Gasteiger partial charge in [-0.15, -0.1) is 17.0 Å². The second-order valence-corrected chi connectivity index (χ2v) is 0. The first-order valence-corrected chi connectivity index (χ1v) is 0. The summed E-state index contributed by atoms with van der Waals surface area (Å²) < 4.78 is 0. The fraction of sp³-hybridized carbons (Fsp3) is 0. The predicted molar refractivity (Wildman–Crippen MR) is 10.3 cm³/mol. The Bertz CT molecular complexity index is 6.85. The van der Waals surface area contributed by atoms with Crippen LogP contribution >= 0.6 is 17.0 Å². The van der Waals surface area contributed by atoms with E-state index in [1.165, 1.54) is 0 Å². The Hall–Kier alpha value is 1.87. The first-order chi connectivity index (χ1) is 0. The van der Waals surface area contributed by atoms with Gasteiger partial charge in [0.1, 0.15) is 0 Å². The molecule has 0 heterocycles. The second-order valence-electron chi connectivity index (χ2n) is 0. The Morgan fingerprint density at radius 3 is 0.600 bits per heavy atom. The molecule has 0 unspecified atom stereocenters. The van der Waals surface area contributed by atoms with Crippen molar-refractivity contribution in [3.8, 4) is 0 Å². The molecule has 0 saturated carbocycles. The van der Waals surface area contributed by atoms with Crippen molar-refractivity contribution >= 4 is 17.0 Å². The fourth-order valence-electron chi connectivity index (χ4n) is 0. The number of hydrogen-bond donors (Lipinski definition) is 0. The van der Waals surface area contributed by atoms with E-state index in [2.05, 4.69) is 0 Å². The molecule has 37 valence electrons. The van der Waals surface area contributed by atoms with Crippen LogP contribution < -0.4 is 37.2 Å². The van der Waals surface area contributed by atoms with Crippen LogP contribution in [0.2, 0.25) is 0 Å². The Morgan fingerprint density at radius 2 is 0.600 bits per heavy atom. The van der Waals surface area contributed by atoms with E-state index in [-0.39, 0.29) is 71.3 Å². The van der Waals surface area contributed by atoms with Crippen LogP contribution in [0.5, 0.6) is 0 Å². The third-order valence-electron chi connectivity index (χ3n) is 0. The van der Waals surface area contributed by atoms with Crippen LogP contribution in [0.25, 0.3) is 0 Å². The molecule has 0 N–H and O–H groups in total. The van der Waals surface area contributed by atoms with E-state index in [1.54, 1.807) is 0 Å². The molecule has 0 spiro atoms. The van der Waals surface area contributed by atoms with Gasteiger partial charge in [-0.05, 0) is 0 Å². The van der Waals surface area contributed by atoms with Gasteiger partial charge >= 0.3 is 17.1 Å². The minimum Gasteiger partial charge on any atom is -1.00 e. The van der Waals surface area contributed by atoms with Crippen molar-refractivity contribution in [1.82, 2.24) is 0 Å². The molecule has 0 aliphatic carbocycles. The maximum absolute atomic E-state index is 0. The molecule has 0 bridgehead atoms. The summed E-state index contributed by atoms with van der Waals surface area (Å²) in [4.78, 5) is 0. The third-order valence-corrected chi connectivity index (χ3v) is 0. The number of hydrogen-bond acceptors (Lipinski definition) is 0. The van der Waals surface area contributed by atoms with E-state index in [9.17, 15) is 0 Å². The van der Waals surface area contributed by atoms with Gasteiger partial charge in [-0.2, -0.15) is 0 Å². The average molecular weight is 243 g/mol. The van der Waals surface area contributed by atoms with Crippen molar-refractivity contribution in [2.24, 2.45) is 0 Å². The molecule has 0 fully saturated rings. The van der Waals surface area contributed by atoms with Crippen LogP contribution in [0.15, 0.2) is 0 Å². The molecule has 0 aromatic heterocycles. The van der Waals surface area contributed by atoms with Crippen LogP contribution in [-0.4, -0.2) is 0 Å². The summed E-state index contributed by atoms with van der Waals surface area (Å²) >= 11 is 0. The molecule has 0 aromatic rings. The van der Waals surface area contributed by atoms with E-state index in [0.717, 1.165) is 0 Å². The molecule has 0 saturated heterocycles. The Labute approximate surface area is 70.9 Å². The summed E-state index contributed by atoms with van der Waals surface area (Å²) in [5, 5.41) is 0. The zero-order chi connectivity index (χ0) is 0. The van der Waals surface area contributed by atoms with Gasteiger partial charge < -0.3 is 37.2 Å². The van der Waals surface area contributed by atoms with E-state index in [4.69, 9.17) is 0 Å². The van der Waals surface area contributed by atoms with Crippen molar-refractivity contribution in [3.63, 3.8) is 0 Å². The minimum absolute atomic E-state index is 0. The van der Waals surface area contributed by atoms with Crippen molar-refractivity contribution in [2.45, 2.75) is 0 Å². The molecule has 0 aliphatic heterocycles. The van der Waals surface area contributed by atoms with Crippen molar-refractivity contribution in [1.29, 1.82) is 0 Å². The molecule has 0 aliphatic rings. The largest absolute Gasteiger partial charge is 3.00 e. The molecule has 0 rings (SSSR count). The summed E-state index contributed by atoms with van der Waals surface area (Å²) in [7, 11) is 0. The molecule has 0 aromatic carbocycles. The van der Waals surface area contributed by atoms with Crippen LogP contribution in [0.4, 0.5) is 0 Å². The van der Waals surface area contributed by atoms with Crippen LogP contribution in [0.3, 0.4) is 0 Å². The zero-order valence-corrected chi connectivity index (χ0v) is 6.98. The Kier molecular flexibility index (Phi) is 539. The van der Waals surface area contributed by atoms with Crippen LogP contribution in [0, 0.1) is 0 Å². The third kappa shape index (κ3) is 25.1. The first kappa shape index (κ1) is 67.7. The van der Waals surface area contributed by atoms with E-state index < -0.39 is 0 Å². The van der Waals surface area contributed by atoms with Crippen LogP contribution in [0.1, 0.15) is 0 Å². The van der Waals surface area contributed by atoms with E-state index in [1.807, 2.05) is 0 Å². The molecular weight excluding hydrogens is 242 g/mol. The van der Waals surface area contributed by atoms with Gasteiger partial charge in [-0.25, -0.2) is 0 Å². The fourth-order valence-corrected chi connectivity index (χ4v) is 0. The second kappa shape index (κ2) is 39.8. The SMILES string of the molecule is Br.[Cl-].[Cl-].[Cl-].[Fe+3]. The molecule has 0 atom stereocenters.